The fraction of sp³-hybridized carbons (Fsp3) is 0.278. The fourth-order valence-corrected chi connectivity index (χ4v) is 3.31. The molecule has 1 atom stereocenters. The highest BCUT2D eigenvalue weighted by Crippen LogP contribution is 2.31. The van der Waals surface area contributed by atoms with Crippen molar-refractivity contribution < 1.29 is 23.9 Å². The van der Waals surface area contributed by atoms with Crippen molar-refractivity contribution >= 4 is 40.9 Å². The molecule has 2 aromatic rings. The van der Waals surface area contributed by atoms with Gasteiger partial charge in [-0.15, -0.1) is 0 Å². The molecule has 1 amide bonds. The van der Waals surface area contributed by atoms with E-state index in [2.05, 4.69) is 15.3 Å². The van der Waals surface area contributed by atoms with Gasteiger partial charge in [0.1, 0.15) is 17.1 Å². The normalized spacial score (nSPS) is 13.7. The van der Waals surface area contributed by atoms with Crippen LogP contribution in [0.1, 0.15) is 34.6 Å². The lowest BCUT2D eigenvalue weighted by atomic mass is 10.1. The third-order valence-corrected chi connectivity index (χ3v) is 4.81. The number of Topliss-reactive ketones (excluding diaryl/α,β-unsaturated/α-hetero) is 1. The van der Waals surface area contributed by atoms with Gasteiger partial charge in [0.25, 0.3) is 5.91 Å². The number of nitrogens with zero attached hydrogens (tertiary/aromatic N) is 2. The van der Waals surface area contributed by atoms with Crippen molar-refractivity contribution in [2.75, 3.05) is 24.3 Å². The number of fused-ring (bicyclic) bond motifs is 1. The molecule has 1 aromatic heterocycles. The van der Waals surface area contributed by atoms with Gasteiger partial charge in [0, 0.05) is 11.8 Å². The molecule has 3 rings (SSSR count). The minimum absolute atomic E-state index is 0.00996. The molecule has 0 spiro atoms. The zero-order valence-electron chi connectivity index (χ0n) is 15.2. The van der Waals surface area contributed by atoms with Gasteiger partial charge in [-0.25, -0.2) is 14.8 Å². The Hall–Kier alpha value is -3.14. The Morgan fingerprint density at radius 1 is 1.43 bits per heavy atom. The van der Waals surface area contributed by atoms with E-state index >= 15 is 0 Å². The number of nitrogens with one attached hydrogen (secondary N) is 1. The number of carbonyl (C=O) groups excluding carboxylic acids is 3. The lowest BCUT2D eigenvalue weighted by Gasteiger charge is -2.19. The van der Waals surface area contributed by atoms with Crippen molar-refractivity contribution in [2.45, 2.75) is 24.3 Å². The van der Waals surface area contributed by atoms with Crippen LogP contribution in [0.3, 0.4) is 0 Å². The van der Waals surface area contributed by atoms with Crippen molar-refractivity contribution in [1.82, 2.24) is 9.97 Å². The summed E-state index contributed by atoms with van der Waals surface area (Å²) in [6, 6.07) is 4.85. The summed E-state index contributed by atoms with van der Waals surface area (Å²) in [7, 11) is 0. The van der Waals surface area contributed by atoms with E-state index in [1.165, 1.54) is 6.20 Å². The molecule has 0 saturated heterocycles. The molecule has 28 heavy (non-hydrogen) atoms. The van der Waals surface area contributed by atoms with E-state index in [4.69, 9.17) is 15.2 Å². The Kier molecular flexibility index (Phi) is 5.78. The number of aromatic nitrogens is 2. The van der Waals surface area contributed by atoms with Crippen molar-refractivity contribution in [3.63, 3.8) is 0 Å². The topological polar surface area (TPSA) is 134 Å². The maximum atomic E-state index is 12.7. The van der Waals surface area contributed by atoms with Gasteiger partial charge in [0.15, 0.2) is 17.5 Å². The van der Waals surface area contributed by atoms with Crippen LogP contribution >= 0.6 is 11.8 Å². The van der Waals surface area contributed by atoms with Crippen LogP contribution in [-0.2, 0) is 9.53 Å². The summed E-state index contributed by atoms with van der Waals surface area (Å²) >= 11 is 1.11. The number of carbonyl (C=O) groups is 3. The molecule has 1 aromatic carbocycles. The van der Waals surface area contributed by atoms with Gasteiger partial charge < -0.3 is 20.5 Å². The Morgan fingerprint density at radius 3 is 2.93 bits per heavy atom. The SMILES string of the molecule is CCOC(=O)c1cnc(SC(C)C(=O)c2ccc3c(c2)NC(=O)CO3)nc1N. The molecule has 1 unspecified atom stereocenters. The largest absolute Gasteiger partial charge is 0.482 e. The summed E-state index contributed by atoms with van der Waals surface area (Å²) in [4.78, 5) is 44.1. The molecule has 1 aliphatic rings. The minimum Gasteiger partial charge on any atom is -0.482 e. The second kappa shape index (κ2) is 8.26. The van der Waals surface area contributed by atoms with Gasteiger partial charge in [0.2, 0.25) is 0 Å². The predicted octanol–water partition coefficient (Wildman–Crippen LogP) is 1.93. The lowest BCUT2D eigenvalue weighted by Crippen LogP contribution is -2.25. The molecular weight excluding hydrogens is 384 g/mol. The lowest BCUT2D eigenvalue weighted by molar-refractivity contribution is -0.118. The molecule has 9 nitrogen and oxygen atoms in total. The van der Waals surface area contributed by atoms with Gasteiger partial charge >= 0.3 is 5.97 Å². The number of ketones is 1. The maximum absolute atomic E-state index is 12.7. The highest BCUT2D eigenvalue weighted by molar-refractivity contribution is 8.00. The van der Waals surface area contributed by atoms with Crippen molar-refractivity contribution in [2.24, 2.45) is 0 Å². The first-order valence-corrected chi connectivity index (χ1v) is 9.34. The van der Waals surface area contributed by atoms with Crippen LogP contribution in [0.4, 0.5) is 11.5 Å². The van der Waals surface area contributed by atoms with E-state index in [-0.39, 0.29) is 41.4 Å². The average molecular weight is 402 g/mol. The summed E-state index contributed by atoms with van der Waals surface area (Å²) < 4.78 is 10.2. The Labute approximate surface area is 165 Å². The summed E-state index contributed by atoms with van der Waals surface area (Å²) in [6.07, 6.45) is 1.28. The van der Waals surface area contributed by atoms with E-state index in [0.29, 0.717) is 17.0 Å². The number of hydrogen-bond donors (Lipinski definition) is 2. The first kappa shape index (κ1) is 19.6. The maximum Gasteiger partial charge on any atom is 0.343 e. The quantitative estimate of drug-likeness (QED) is 0.322. The van der Waals surface area contributed by atoms with E-state index in [9.17, 15) is 14.4 Å². The predicted molar refractivity (Wildman–Crippen MR) is 103 cm³/mol. The van der Waals surface area contributed by atoms with Crippen LogP contribution < -0.4 is 15.8 Å². The van der Waals surface area contributed by atoms with E-state index in [0.717, 1.165) is 11.8 Å². The second-order valence-electron chi connectivity index (χ2n) is 5.84. The molecule has 0 radical (unpaired) electrons. The van der Waals surface area contributed by atoms with Gasteiger partial charge in [-0.3, -0.25) is 9.59 Å². The molecule has 0 bridgehead atoms. The Balaban J connectivity index is 1.72. The smallest absolute Gasteiger partial charge is 0.343 e. The fourth-order valence-electron chi connectivity index (χ4n) is 2.48. The second-order valence-corrected chi connectivity index (χ2v) is 7.15. The molecule has 0 aliphatic carbocycles. The molecule has 1 aliphatic heterocycles. The molecular formula is C18H18N4O5S. The van der Waals surface area contributed by atoms with Crippen molar-refractivity contribution in [1.29, 1.82) is 0 Å². The summed E-state index contributed by atoms with van der Waals surface area (Å²) in [5.74, 6) is -0.542. The van der Waals surface area contributed by atoms with Crippen LogP contribution in [-0.4, -0.2) is 46.1 Å². The monoisotopic (exact) mass is 402 g/mol. The number of thioether (sulfide) groups is 1. The number of rotatable bonds is 6. The standard InChI is InChI=1S/C18H18N4O5S/c1-3-26-17(25)11-7-20-18(22-16(11)19)28-9(2)15(24)10-4-5-13-12(6-10)21-14(23)8-27-13/h4-7,9H,3,8H2,1-2H3,(H,21,23)(H2,19,20,22). The van der Waals surface area contributed by atoms with Gasteiger partial charge in [-0.1, -0.05) is 11.8 Å². The van der Waals surface area contributed by atoms with Gasteiger partial charge in [0.05, 0.1) is 17.5 Å². The van der Waals surface area contributed by atoms with E-state index in [1.807, 2.05) is 0 Å². The molecule has 3 N–H and O–H groups in total. The minimum atomic E-state index is -0.598. The van der Waals surface area contributed by atoms with Crippen molar-refractivity contribution in [3.05, 3.63) is 35.5 Å². The summed E-state index contributed by atoms with van der Waals surface area (Å²) in [5.41, 5.74) is 6.75. The van der Waals surface area contributed by atoms with Gasteiger partial charge in [-0.2, -0.15) is 0 Å². The molecule has 2 heterocycles. The van der Waals surface area contributed by atoms with Crippen LogP contribution in [0, 0.1) is 0 Å². The third-order valence-electron chi connectivity index (χ3n) is 3.84. The Bertz CT molecular complexity index is 950. The molecule has 146 valence electrons. The van der Waals surface area contributed by atoms with Crippen LogP contribution in [0.25, 0.3) is 0 Å². The third kappa shape index (κ3) is 4.22. The number of hydrogen-bond acceptors (Lipinski definition) is 9. The van der Waals surface area contributed by atoms with Crippen LogP contribution in [0.2, 0.25) is 0 Å². The number of amides is 1. The summed E-state index contributed by atoms with van der Waals surface area (Å²) in [5, 5.41) is 2.41. The highest BCUT2D eigenvalue weighted by Gasteiger charge is 2.23. The van der Waals surface area contributed by atoms with Gasteiger partial charge in [-0.05, 0) is 32.0 Å². The van der Waals surface area contributed by atoms with Crippen LogP contribution in [0.5, 0.6) is 5.75 Å². The number of nitrogens with two attached hydrogens (primary N) is 1. The molecule has 0 saturated carbocycles. The van der Waals surface area contributed by atoms with Crippen LogP contribution in [0.15, 0.2) is 29.6 Å². The number of nitrogen functional groups attached to an aromatic ring is 1. The number of esters is 1. The molecule has 0 fully saturated rings. The van der Waals surface area contributed by atoms with E-state index in [1.54, 1.807) is 32.0 Å². The Morgan fingerprint density at radius 2 is 2.21 bits per heavy atom. The van der Waals surface area contributed by atoms with E-state index < -0.39 is 11.2 Å². The zero-order valence-corrected chi connectivity index (χ0v) is 16.0. The highest BCUT2D eigenvalue weighted by atomic mass is 32.2. The average Bonchev–Trinajstić information content (AvgIpc) is 2.67. The number of ether oxygens (including phenoxy) is 2. The summed E-state index contributed by atoms with van der Waals surface area (Å²) in [6.45, 7) is 3.56. The zero-order chi connectivity index (χ0) is 20.3. The molecule has 10 heteroatoms. The first-order valence-electron chi connectivity index (χ1n) is 8.46. The number of benzene rings is 1. The number of anilines is 2. The van der Waals surface area contributed by atoms with Crippen molar-refractivity contribution in [3.8, 4) is 5.75 Å². The first-order chi connectivity index (χ1) is 13.4.